The molecule has 0 atom stereocenters. The lowest BCUT2D eigenvalue weighted by molar-refractivity contribution is 0.0600. The van der Waals surface area contributed by atoms with Crippen LogP contribution in [0.2, 0.25) is 5.02 Å². The van der Waals surface area contributed by atoms with Crippen LogP contribution in [0.15, 0.2) is 89.3 Å². The lowest BCUT2D eigenvalue weighted by atomic mass is 10.1. The van der Waals surface area contributed by atoms with Gasteiger partial charge >= 0.3 is 5.97 Å². The van der Waals surface area contributed by atoms with Gasteiger partial charge in [0.05, 0.1) is 24.6 Å². The summed E-state index contributed by atoms with van der Waals surface area (Å²) in [6, 6.07) is 23.8. The third-order valence-electron chi connectivity index (χ3n) is 6.41. The maximum Gasteiger partial charge on any atom is 0.337 e. The number of halogens is 1. The predicted molar refractivity (Wildman–Crippen MR) is 164 cm³/mol. The maximum atomic E-state index is 12.7. The molecule has 10 heteroatoms. The van der Waals surface area contributed by atoms with Crippen molar-refractivity contribution in [3.63, 3.8) is 0 Å². The second-order valence-corrected chi connectivity index (χ2v) is 10.4. The highest BCUT2D eigenvalue weighted by molar-refractivity contribution is 7.14. The van der Waals surface area contributed by atoms with Gasteiger partial charge in [0.25, 0.3) is 5.91 Å². The first-order valence-corrected chi connectivity index (χ1v) is 13.9. The summed E-state index contributed by atoms with van der Waals surface area (Å²) in [5.41, 5.74) is 9.70. The molecule has 2 heterocycles. The van der Waals surface area contributed by atoms with E-state index in [1.807, 2.05) is 78.4 Å². The highest BCUT2D eigenvalue weighted by Crippen LogP contribution is 2.28. The first kappa shape index (κ1) is 27.8. The van der Waals surface area contributed by atoms with Gasteiger partial charge in [0, 0.05) is 49.9 Å². The Hall–Kier alpha value is -4.73. The number of rotatable bonds is 8. The fourth-order valence-electron chi connectivity index (χ4n) is 4.34. The number of ether oxygens (including phenoxy) is 1. The van der Waals surface area contributed by atoms with Crippen LogP contribution in [0.5, 0.6) is 0 Å². The molecule has 8 nitrogen and oxygen atoms in total. The monoisotopic (exact) mass is 583 g/mol. The van der Waals surface area contributed by atoms with Crippen molar-refractivity contribution >= 4 is 51.8 Å². The summed E-state index contributed by atoms with van der Waals surface area (Å²) in [6.07, 6.45) is 1.61. The summed E-state index contributed by atoms with van der Waals surface area (Å²) in [5, 5.41) is 10.8. The fraction of sp³-hybridized carbons (Fsp3) is 0.0968. The number of thiazole rings is 1. The number of benzene rings is 3. The van der Waals surface area contributed by atoms with E-state index < -0.39 is 5.97 Å². The molecule has 0 radical (unpaired) electrons. The first-order valence-electron chi connectivity index (χ1n) is 12.6. The summed E-state index contributed by atoms with van der Waals surface area (Å²) >= 11 is 7.44. The first-order chi connectivity index (χ1) is 19.8. The number of aromatic nitrogens is 2. The molecule has 0 spiro atoms. The van der Waals surface area contributed by atoms with E-state index in [-0.39, 0.29) is 5.91 Å². The van der Waals surface area contributed by atoms with Crippen molar-refractivity contribution in [3.8, 4) is 16.9 Å². The van der Waals surface area contributed by atoms with Crippen LogP contribution < -0.4 is 10.7 Å². The number of methoxy groups -OCH3 is 1. The van der Waals surface area contributed by atoms with Crippen LogP contribution in [-0.4, -0.2) is 34.8 Å². The van der Waals surface area contributed by atoms with E-state index in [1.54, 1.807) is 30.5 Å². The zero-order chi connectivity index (χ0) is 28.9. The Labute approximate surface area is 246 Å². The van der Waals surface area contributed by atoms with Gasteiger partial charge in [-0.3, -0.25) is 4.79 Å². The SMILES string of the molecule is COC(=O)c1cccc(-n2c(C)cc(/C=N\NC(=O)c3ccc(-c4csc(Nc5ccc(Cl)cc5)n4)cc3)c2C)c1. The van der Waals surface area contributed by atoms with Crippen molar-refractivity contribution in [3.05, 3.63) is 117 Å². The largest absolute Gasteiger partial charge is 0.465 e. The summed E-state index contributed by atoms with van der Waals surface area (Å²) in [6.45, 7) is 3.92. The Morgan fingerprint density at radius 1 is 1.00 bits per heavy atom. The molecule has 2 N–H and O–H groups in total. The van der Waals surface area contributed by atoms with E-state index in [0.29, 0.717) is 16.1 Å². The highest BCUT2D eigenvalue weighted by Gasteiger charge is 2.13. The molecule has 3 aromatic carbocycles. The molecule has 0 saturated carbocycles. The molecule has 5 rings (SSSR count). The molecule has 0 unspecified atom stereocenters. The zero-order valence-electron chi connectivity index (χ0n) is 22.5. The molecular formula is C31H26ClN5O3S. The van der Waals surface area contributed by atoms with E-state index >= 15 is 0 Å². The summed E-state index contributed by atoms with van der Waals surface area (Å²) < 4.78 is 6.86. The van der Waals surface area contributed by atoms with Crippen molar-refractivity contribution in [1.82, 2.24) is 15.0 Å². The molecule has 0 saturated heterocycles. The maximum absolute atomic E-state index is 12.7. The molecule has 0 fully saturated rings. The van der Waals surface area contributed by atoms with E-state index in [9.17, 15) is 9.59 Å². The van der Waals surface area contributed by atoms with Crippen LogP contribution in [0.4, 0.5) is 10.8 Å². The van der Waals surface area contributed by atoms with Gasteiger partial charge in [-0.15, -0.1) is 11.3 Å². The average Bonchev–Trinajstić information content (AvgIpc) is 3.57. The van der Waals surface area contributed by atoms with Crippen molar-refractivity contribution in [2.24, 2.45) is 5.10 Å². The van der Waals surface area contributed by atoms with Crippen LogP contribution in [0.25, 0.3) is 16.9 Å². The molecule has 0 bridgehead atoms. The second kappa shape index (κ2) is 12.2. The van der Waals surface area contributed by atoms with Gasteiger partial charge in [-0.1, -0.05) is 29.8 Å². The lowest BCUT2D eigenvalue weighted by Crippen LogP contribution is -2.17. The molecule has 206 valence electrons. The van der Waals surface area contributed by atoms with E-state index in [2.05, 4.69) is 20.8 Å². The Balaban J connectivity index is 1.23. The number of carbonyl (C=O) groups excluding carboxylic acids is 2. The second-order valence-electron chi connectivity index (χ2n) is 9.15. The molecule has 41 heavy (non-hydrogen) atoms. The van der Waals surface area contributed by atoms with Gasteiger partial charge in [0.15, 0.2) is 5.13 Å². The number of esters is 1. The average molecular weight is 584 g/mol. The third-order valence-corrected chi connectivity index (χ3v) is 7.42. The summed E-state index contributed by atoms with van der Waals surface area (Å²) in [4.78, 5) is 29.3. The number of aryl methyl sites for hydroxylation is 1. The normalized spacial score (nSPS) is 11.0. The number of nitrogens with one attached hydrogen (secondary N) is 2. The van der Waals surface area contributed by atoms with Crippen molar-refractivity contribution in [2.75, 3.05) is 12.4 Å². The van der Waals surface area contributed by atoms with Crippen LogP contribution in [0.1, 0.15) is 37.7 Å². The Bertz CT molecular complexity index is 1740. The number of hydrogen-bond donors (Lipinski definition) is 2. The van der Waals surface area contributed by atoms with Crippen molar-refractivity contribution < 1.29 is 14.3 Å². The molecule has 0 aliphatic rings. The molecule has 2 aromatic heterocycles. The van der Waals surface area contributed by atoms with Gasteiger partial charge in [0.1, 0.15) is 0 Å². The standard InChI is InChI=1S/C31H26ClN5O3S/c1-19-15-24(20(2)37(19)27-6-4-5-23(16-27)30(39)40-3)17-33-36-29(38)22-9-7-21(8-10-22)28-18-41-31(35-28)34-26-13-11-25(32)12-14-26/h4-18H,1-3H3,(H,34,35)(H,36,38)/b33-17-. The smallest absolute Gasteiger partial charge is 0.337 e. The third kappa shape index (κ3) is 6.37. The minimum absolute atomic E-state index is 0.323. The van der Waals surface area contributed by atoms with Crippen LogP contribution >= 0.6 is 22.9 Å². The quantitative estimate of drug-likeness (QED) is 0.115. The molecular weight excluding hydrogens is 558 g/mol. The lowest BCUT2D eigenvalue weighted by Gasteiger charge is -2.11. The van der Waals surface area contributed by atoms with Crippen LogP contribution in [-0.2, 0) is 4.74 Å². The number of anilines is 2. The molecule has 1 amide bonds. The highest BCUT2D eigenvalue weighted by atomic mass is 35.5. The molecule has 0 aliphatic carbocycles. The molecule has 0 aliphatic heterocycles. The van der Waals surface area contributed by atoms with Gasteiger partial charge < -0.3 is 14.6 Å². The zero-order valence-corrected chi connectivity index (χ0v) is 24.1. The van der Waals surface area contributed by atoms with Gasteiger partial charge in [0.2, 0.25) is 0 Å². The number of hydrazone groups is 1. The topological polar surface area (TPSA) is 97.6 Å². The van der Waals surface area contributed by atoms with E-state index in [1.165, 1.54) is 18.4 Å². The number of nitrogens with zero attached hydrogens (tertiary/aromatic N) is 3. The predicted octanol–water partition coefficient (Wildman–Crippen LogP) is 7.17. The van der Waals surface area contributed by atoms with Crippen LogP contribution in [0, 0.1) is 13.8 Å². The van der Waals surface area contributed by atoms with E-state index in [4.69, 9.17) is 16.3 Å². The van der Waals surface area contributed by atoms with Gasteiger partial charge in [-0.2, -0.15) is 5.10 Å². The van der Waals surface area contributed by atoms with E-state index in [0.717, 1.165) is 44.7 Å². The van der Waals surface area contributed by atoms with Gasteiger partial charge in [-0.25, -0.2) is 15.2 Å². The molecule has 5 aromatic rings. The number of amides is 1. The Morgan fingerprint density at radius 2 is 1.76 bits per heavy atom. The van der Waals surface area contributed by atoms with Crippen LogP contribution in [0.3, 0.4) is 0 Å². The van der Waals surface area contributed by atoms with Crippen molar-refractivity contribution in [1.29, 1.82) is 0 Å². The summed E-state index contributed by atoms with van der Waals surface area (Å²) in [5.74, 6) is -0.717. The van der Waals surface area contributed by atoms with Crippen molar-refractivity contribution in [2.45, 2.75) is 13.8 Å². The Morgan fingerprint density at radius 3 is 2.49 bits per heavy atom. The minimum Gasteiger partial charge on any atom is -0.465 e. The van der Waals surface area contributed by atoms with Gasteiger partial charge in [-0.05, 0) is 74.5 Å². The Kier molecular flexibility index (Phi) is 8.28. The number of carbonyl (C=O) groups is 2. The summed E-state index contributed by atoms with van der Waals surface area (Å²) in [7, 11) is 1.36. The number of hydrogen-bond acceptors (Lipinski definition) is 7. The minimum atomic E-state index is -0.394. The fourth-order valence-corrected chi connectivity index (χ4v) is 5.21.